The van der Waals surface area contributed by atoms with Crippen LogP contribution in [0.1, 0.15) is 21.6 Å². The highest BCUT2D eigenvalue weighted by atomic mass is 16.2. The van der Waals surface area contributed by atoms with Gasteiger partial charge in [-0.1, -0.05) is 18.2 Å². The molecule has 0 spiro atoms. The molecular weight excluding hydrogens is 226 g/mol. The van der Waals surface area contributed by atoms with Crippen molar-refractivity contribution in [2.45, 2.75) is 13.0 Å². The van der Waals surface area contributed by atoms with Crippen LogP contribution >= 0.6 is 0 Å². The maximum absolute atomic E-state index is 12.3. The number of carbonyl (C=O) groups is 1. The Bertz CT molecular complexity index is 568. The van der Waals surface area contributed by atoms with Crippen LogP contribution in [0, 0.1) is 0 Å². The van der Waals surface area contributed by atoms with E-state index in [-0.39, 0.29) is 5.91 Å². The Morgan fingerprint density at radius 3 is 2.89 bits per heavy atom. The van der Waals surface area contributed by atoms with E-state index < -0.39 is 0 Å². The molecule has 0 saturated heterocycles. The van der Waals surface area contributed by atoms with Gasteiger partial charge in [-0.05, 0) is 12.1 Å². The fraction of sp³-hybridized carbons (Fsp3) is 0.214. The summed E-state index contributed by atoms with van der Waals surface area (Å²) >= 11 is 0. The van der Waals surface area contributed by atoms with Crippen LogP contribution in [0.15, 0.2) is 42.9 Å². The molecule has 0 aliphatic carbocycles. The molecule has 0 fully saturated rings. The van der Waals surface area contributed by atoms with Gasteiger partial charge < -0.3 is 4.90 Å². The molecule has 18 heavy (non-hydrogen) atoms. The quantitative estimate of drug-likeness (QED) is 0.760. The molecule has 0 atom stereocenters. The number of hydrogen-bond acceptors (Lipinski definition) is 3. The van der Waals surface area contributed by atoms with Gasteiger partial charge in [-0.25, -0.2) is 9.97 Å². The lowest BCUT2D eigenvalue weighted by Gasteiger charge is -2.27. The van der Waals surface area contributed by atoms with Crippen LogP contribution in [-0.2, 0) is 13.0 Å². The maximum atomic E-state index is 12.3. The second-order valence-electron chi connectivity index (χ2n) is 4.34. The van der Waals surface area contributed by atoms with Gasteiger partial charge >= 0.3 is 0 Å². The molecular formula is C14H13N3O. The topological polar surface area (TPSA) is 46.1 Å². The second kappa shape index (κ2) is 4.56. The lowest BCUT2D eigenvalue weighted by molar-refractivity contribution is 0.0733. The Hall–Kier alpha value is -2.23. The lowest BCUT2D eigenvalue weighted by atomic mass is 10.1. The van der Waals surface area contributed by atoms with Crippen LogP contribution in [-0.4, -0.2) is 27.3 Å². The highest BCUT2D eigenvalue weighted by Gasteiger charge is 2.22. The standard InChI is InChI=1S/C14H13N3O/c18-14(11-4-2-1-3-5-11)17-7-6-13-12(9-17)8-15-10-16-13/h1-5,8,10H,6-7,9H2. The molecule has 1 amide bonds. The first-order valence-electron chi connectivity index (χ1n) is 5.96. The van der Waals surface area contributed by atoms with Gasteiger partial charge in [-0.2, -0.15) is 0 Å². The molecule has 1 aromatic heterocycles. The van der Waals surface area contributed by atoms with Crippen LogP contribution in [0.2, 0.25) is 0 Å². The molecule has 1 aromatic carbocycles. The van der Waals surface area contributed by atoms with Gasteiger partial charge in [0.1, 0.15) is 6.33 Å². The van der Waals surface area contributed by atoms with Gasteiger partial charge in [0.2, 0.25) is 0 Å². The molecule has 2 aromatic rings. The smallest absolute Gasteiger partial charge is 0.254 e. The van der Waals surface area contributed by atoms with Crippen molar-refractivity contribution in [3.63, 3.8) is 0 Å². The maximum Gasteiger partial charge on any atom is 0.254 e. The highest BCUT2D eigenvalue weighted by molar-refractivity contribution is 5.94. The Kier molecular flexibility index (Phi) is 2.76. The summed E-state index contributed by atoms with van der Waals surface area (Å²) in [6, 6.07) is 9.37. The molecule has 90 valence electrons. The van der Waals surface area contributed by atoms with Crippen LogP contribution in [0.3, 0.4) is 0 Å². The third-order valence-corrected chi connectivity index (χ3v) is 3.17. The van der Waals surface area contributed by atoms with Crippen molar-refractivity contribution in [2.24, 2.45) is 0 Å². The van der Waals surface area contributed by atoms with Crippen molar-refractivity contribution >= 4 is 5.91 Å². The van der Waals surface area contributed by atoms with Crippen LogP contribution in [0.4, 0.5) is 0 Å². The monoisotopic (exact) mass is 239 g/mol. The summed E-state index contributed by atoms with van der Waals surface area (Å²) in [5, 5.41) is 0. The van der Waals surface area contributed by atoms with E-state index >= 15 is 0 Å². The zero-order chi connectivity index (χ0) is 12.4. The number of fused-ring (bicyclic) bond motifs is 1. The van der Waals surface area contributed by atoms with E-state index in [4.69, 9.17) is 0 Å². The van der Waals surface area contributed by atoms with Gasteiger partial charge in [-0.3, -0.25) is 4.79 Å². The third kappa shape index (κ3) is 1.97. The van der Waals surface area contributed by atoms with E-state index in [2.05, 4.69) is 9.97 Å². The van der Waals surface area contributed by atoms with Crippen LogP contribution in [0.25, 0.3) is 0 Å². The van der Waals surface area contributed by atoms with E-state index in [0.717, 1.165) is 29.8 Å². The summed E-state index contributed by atoms with van der Waals surface area (Å²) in [5.41, 5.74) is 2.84. The Balaban J connectivity index is 1.82. The predicted octanol–water partition coefficient (Wildman–Crippen LogP) is 1.68. The molecule has 0 N–H and O–H groups in total. The summed E-state index contributed by atoms with van der Waals surface area (Å²) in [4.78, 5) is 22.4. The average Bonchev–Trinajstić information content (AvgIpc) is 2.47. The number of hydrogen-bond donors (Lipinski definition) is 0. The largest absolute Gasteiger partial charge is 0.334 e. The summed E-state index contributed by atoms with van der Waals surface area (Å²) in [6.45, 7) is 1.32. The molecule has 1 aliphatic rings. The number of carbonyl (C=O) groups excluding carboxylic acids is 1. The van der Waals surface area contributed by atoms with Crippen LogP contribution in [0.5, 0.6) is 0 Å². The SMILES string of the molecule is O=C(c1ccccc1)N1CCc2ncncc2C1. The van der Waals surface area contributed by atoms with Crippen LogP contribution < -0.4 is 0 Å². The van der Waals surface area contributed by atoms with Gasteiger partial charge in [0.15, 0.2) is 0 Å². The van der Waals surface area contributed by atoms with E-state index in [1.54, 1.807) is 12.5 Å². The summed E-state index contributed by atoms with van der Waals surface area (Å²) in [7, 11) is 0. The van der Waals surface area contributed by atoms with Gasteiger partial charge in [0.25, 0.3) is 5.91 Å². The van der Waals surface area contributed by atoms with Gasteiger partial charge in [0.05, 0.1) is 5.69 Å². The molecule has 4 nitrogen and oxygen atoms in total. The molecule has 0 radical (unpaired) electrons. The number of aromatic nitrogens is 2. The first-order chi connectivity index (χ1) is 8.84. The minimum atomic E-state index is 0.0742. The fourth-order valence-corrected chi connectivity index (χ4v) is 2.20. The number of nitrogens with zero attached hydrogens (tertiary/aromatic N) is 3. The van der Waals surface area contributed by atoms with Crippen molar-refractivity contribution in [1.29, 1.82) is 0 Å². The summed E-state index contributed by atoms with van der Waals surface area (Å²) in [5.74, 6) is 0.0742. The zero-order valence-electron chi connectivity index (χ0n) is 9.91. The van der Waals surface area contributed by atoms with E-state index in [1.807, 2.05) is 35.2 Å². The molecule has 2 heterocycles. The molecule has 0 saturated carbocycles. The van der Waals surface area contributed by atoms with E-state index in [0.29, 0.717) is 6.54 Å². The molecule has 3 rings (SSSR count). The molecule has 1 aliphatic heterocycles. The fourth-order valence-electron chi connectivity index (χ4n) is 2.20. The minimum absolute atomic E-state index is 0.0742. The number of amides is 1. The van der Waals surface area contributed by atoms with E-state index in [1.165, 1.54) is 0 Å². The zero-order valence-corrected chi connectivity index (χ0v) is 9.91. The summed E-state index contributed by atoms with van der Waals surface area (Å²) in [6.07, 6.45) is 4.16. The van der Waals surface area contributed by atoms with Gasteiger partial charge in [0, 0.05) is 36.8 Å². The normalized spacial score (nSPS) is 14.1. The predicted molar refractivity (Wildman–Crippen MR) is 66.9 cm³/mol. The molecule has 4 heteroatoms. The summed E-state index contributed by atoms with van der Waals surface area (Å²) < 4.78 is 0. The highest BCUT2D eigenvalue weighted by Crippen LogP contribution is 2.17. The number of rotatable bonds is 1. The Morgan fingerprint density at radius 1 is 1.22 bits per heavy atom. The van der Waals surface area contributed by atoms with Crippen molar-refractivity contribution in [3.8, 4) is 0 Å². The third-order valence-electron chi connectivity index (χ3n) is 3.17. The van der Waals surface area contributed by atoms with Crippen molar-refractivity contribution in [3.05, 3.63) is 59.7 Å². The second-order valence-corrected chi connectivity index (χ2v) is 4.34. The van der Waals surface area contributed by atoms with Crippen molar-refractivity contribution < 1.29 is 4.79 Å². The number of benzene rings is 1. The molecule has 0 bridgehead atoms. The average molecular weight is 239 g/mol. The Morgan fingerprint density at radius 2 is 2.06 bits per heavy atom. The lowest BCUT2D eigenvalue weighted by Crippen LogP contribution is -2.36. The molecule has 0 unspecified atom stereocenters. The minimum Gasteiger partial charge on any atom is -0.334 e. The Labute approximate surface area is 105 Å². The van der Waals surface area contributed by atoms with E-state index in [9.17, 15) is 4.79 Å². The van der Waals surface area contributed by atoms with Gasteiger partial charge in [-0.15, -0.1) is 0 Å². The van der Waals surface area contributed by atoms with Crippen molar-refractivity contribution in [2.75, 3.05) is 6.54 Å². The first kappa shape index (κ1) is 10.9. The first-order valence-corrected chi connectivity index (χ1v) is 5.96. The van der Waals surface area contributed by atoms with Crippen molar-refractivity contribution in [1.82, 2.24) is 14.9 Å².